The molecule has 0 rings (SSSR count). The topological polar surface area (TPSA) is 237 Å². The summed E-state index contributed by atoms with van der Waals surface area (Å²) in [6.45, 7) is 4.91. The number of aliphatic hydroxyl groups is 1. The van der Waals surface area contributed by atoms with Gasteiger partial charge in [-0.15, -0.1) is 0 Å². The molecular weight excluding hydrogens is 1200 g/mol. The zero-order valence-electron chi connectivity index (χ0n) is 58.8. The van der Waals surface area contributed by atoms with Crippen LogP contribution < -0.4 is 0 Å². The Balaban J connectivity index is 5.18. The number of hydrogen-bond donors (Lipinski definition) is 3. The highest BCUT2D eigenvalue weighted by atomic mass is 31.2. The van der Waals surface area contributed by atoms with Crippen LogP contribution in [0.15, 0.2) is 0 Å². The average molecular weight is 1340 g/mol. The number of aliphatic hydroxyl groups excluding tert-OH is 1. The summed E-state index contributed by atoms with van der Waals surface area (Å²) in [6, 6.07) is 0. The van der Waals surface area contributed by atoms with Gasteiger partial charge in [-0.3, -0.25) is 37.3 Å². The molecule has 0 aromatic heterocycles. The van der Waals surface area contributed by atoms with Crippen molar-refractivity contribution in [3.63, 3.8) is 0 Å². The number of phosphoric ester groups is 2. The Morgan fingerprint density at radius 2 is 0.440 bits per heavy atom. The Hall–Kier alpha value is -1.94. The molecule has 0 fully saturated rings. The van der Waals surface area contributed by atoms with Crippen molar-refractivity contribution >= 4 is 39.5 Å². The molecule has 17 nitrogen and oxygen atoms in total. The van der Waals surface area contributed by atoms with Gasteiger partial charge < -0.3 is 33.8 Å². The van der Waals surface area contributed by atoms with Gasteiger partial charge in [-0.1, -0.05) is 329 Å². The largest absolute Gasteiger partial charge is 0.472 e. The average Bonchev–Trinajstić information content (AvgIpc) is 3.62. The number of hydrogen-bond acceptors (Lipinski definition) is 15. The lowest BCUT2D eigenvalue weighted by molar-refractivity contribution is -0.161. The van der Waals surface area contributed by atoms with Crippen molar-refractivity contribution in [2.24, 2.45) is 0 Å². The van der Waals surface area contributed by atoms with Crippen molar-refractivity contribution < 1.29 is 80.2 Å². The van der Waals surface area contributed by atoms with Gasteiger partial charge in [-0.2, -0.15) is 0 Å². The van der Waals surface area contributed by atoms with Crippen molar-refractivity contribution in [2.45, 2.75) is 399 Å². The van der Waals surface area contributed by atoms with Gasteiger partial charge in [0.25, 0.3) is 0 Å². The molecule has 0 bridgehead atoms. The first-order valence-electron chi connectivity index (χ1n) is 37.8. The summed E-state index contributed by atoms with van der Waals surface area (Å²) in [5.74, 6) is -2.12. The van der Waals surface area contributed by atoms with Crippen molar-refractivity contribution in [3.8, 4) is 0 Å². The fourth-order valence-corrected chi connectivity index (χ4v) is 12.6. The smallest absolute Gasteiger partial charge is 0.462 e. The highest BCUT2D eigenvalue weighted by molar-refractivity contribution is 7.47. The molecule has 91 heavy (non-hydrogen) atoms. The van der Waals surface area contributed by atoms with Crippen LogP contribution in [0.25, 0.3) is 0 Å². The van der Waals surface area contributed by atoms with Crippen molar-refractivity contribution in [2.75, 3.05) is 39.6 Å². The van der Waals surface area contributed by atoms with E-state index >= 15 is 0 Å². The Bertz CT molecular complexity index is 1740. The summed E-state index contributed by atoms with van der Waals surface area (Å²) in [7, 11) is -9.89. The molecule has 0 aliphatic carbocycles. The maximum Gasteiger partial charge on any atom is 0.472 e. The molecule has 0 saturated heterocycles. The Morgan fingerprint density at radius 3 is 0.648 bits per heavy atom. The van der Waals surface area contributed by atoms with E-state index < -0.39 is 97.5 Å². The minimum atomic E-state index is -4.95. The number of esters is 4. The molecular formula is C72H140O17P2. The predicted molar refractivity (Wildman–Crippen MR) is 368 cm³/mol. The first-order chi connectivity index (χ1) is 44.2. The van der Waals surface area contributed by atoms with E-state index in [-0.39, 0.29) is 25.7 Å². The van der Waals surface area contributed by atoms with E-state index in [1.54, 1.807) is 0 Å². The number of unbranched alkanes of at least 4 members (excludes halogenated alkanes) is 47. The van der Waals surface area contributed by atoms with Gasteiger partial charge in [0.05, 0.1) is 26.4 Å². The number of ether oxygens (including phenoxy) is 4. The molecule has 3 N–H and O–H groups in total. The molecule has 19 heteroatoms. The maximum absolute atomic E-state index is 13.0. The van der Waals surface area contributed by atoms with E-state index in [1.807, 2.05) is 0 Å². The van der Waals surface area contributed by atoms with Crippen LogP contribution in [0.1, 0.15) is 381 Å². The van der Waals surface area contributed by atoms with Crippen LogP contribution in [0.4, 0.5) is 0 Å². The molecule has 5 atom stereocenters. The van der Waals surface area contributed by atoms with Gasteiger partial charge in [0, 0.05) is 25.7 Å². The molecule has 540 valence electrons. The van der Waals surface area contributed by atoms with E-state index in [0.717, 1.165) is 103 Å². The lowest BCUT2D eigenvalue weighted by Gasteiger charge is -2.21. The second-order valence-electron chi connectivity index (χ2n) is 26.0. The van der Waals surface area contributed by atoms with Crippen LogP contribution in [0, 0.1) is 0 Å². The standard InChI is InChI=1S/C72H140O17P2/c1-5-9-13-17-21-24-27-29-31-33-35-37-39-42-45-49-53-57-70(75)83-63-68(89-72(77)59-55-51-47-43-40-38-36-34-32-30-28-25-22-18-14-10-6-2)65-87-91(80,81)85-61-66(73)60-84-90(78,79)86-64-67(62-82-69(74)56-52-48-44-20-16-12-8-4)88-71(76)58-54-50-46-41-26-23-19-15-11-7-3/h66-68,73H,5-65H2,1-4H3,(H,78,79)(H,80,81)/t66-,67+,68+/m0/s1. The van der Waals surface area contributed by atoms with Gasteiger partial charge in [0.1, 0.15) is 19.3 Å². The highest BCUT2D eigenvalue weighted by Crippen LogP contribution is 2.45. The Morgan fingerprint density at radius 1 is 0.264 bits per heavy atom. The van der Waals surface area contributed by atoms with Crippen LogP contribution in [-0.4, -0.2) is 96.7 Å². The normalized spacial score (nSPS) is 14.0. The van der Waals surface area contributed by atoms with Crippen molar-refractivity contribution in [1.82, 2.24) is 0 Å². The van der Waals surface area contributed by atoms with Crippen LogP contribution >= 0.6 is 15.6 Å². The summed E-state index contributed by atoms with van der Waals surface area (Å²) >= 11 is 0. The van der Waals surface area contributed by atoms with Crippen molar-refractivity contribution in [3.05, 3.63) is 0 Å². The summed E-state index contributed by atoms with van der Waals surface area (Å²) in [6.07, 6.45) is 55.6. The third kappa shape index (κ3) is 66.5. The number of phosphoric acid groups is 2. The first kappa shape index (κ1) is 89.1. The van der Waals surface area contributed by atoms with Crippen molar-refractivity contribution in [1.29, 1.82) is 0 Å². The number of carbonyl (C=O) groups is 4. The van der Waals surface area contributed by atoms with Gasteiger partial charge in [-0.05, 0) is 25.7 Å². The fraction of sp³-hybridized carbons (Fsp3) is 0.944. The molecule has 0 amide bonds. The van der Waals surface area contributed by atoms with Gasteiger partial charge in [0.15, 0.2) is 12.2 Å². The quantitative estimate of drug-likeness (QED) is 0.0222. The second kappa shape index (κ2) is 66.7. The van der Waals surface area contributed by atoms with E-state index in [1.165, 1.54) is 199 Å². The molecule has 0 spiro atoms. The van der Waals surface area contributed by atoms with Crippen LogP contribution in [-0.2, 0) is 65.4 Å². The molecule has 0 saturated carbocycles. The summed E-state index contributed by atoms with van der Waals surface area (Å²) in [4.78, 5) is 72.5. The molecule has 0 aliphatic rings. The molecule has 0 aliphatic heterocycles. The van der Waals surface area contributed by atoms with Crippen LogP contribution in [0.5, 0.6) is 0 Å². The Kier molecular flexibility index (Phi) is 65.2. The molecule has 0 heterocycles. The highest BCUT2D eigenvalue weighted by Gasteiger charge is 2.30. The lowest BCUT2D eigenvalue weighted by Crippen LogP contribution is -2.30. The minimum absolute atomic E-state index is 0.107. The molecule has 0 radical (unpaired) electrons. The third-order valence-corrected chi connectivity index (χ3v) is 18.8. The van der Waals surface area contributed by atoms with Gasteiger partial charge in [-0.25, -0.2) is 9.13 Å². The molecule has 0 aromatic rings. The molecule has 2 unspecified atom stereocenters. The maximum atomic E-state index is 13.0. The van der Waals surface area contributed by atoms with Crippen LogP contribution in [0.2, 0.25) is 0 Å². The van der Waals surface area contributed by atoms with E-state index in [2.05, 4.69) is 27.7 Å². The summed E-state index contributed by atoms with van der Waals surface area (Å²) in [5, 5.41) is 10.6. The minimum Gasteiger partial charge on any atom is -0.462 e. The summed E-state index contributed by atoms with van der Waals surface area (Å²) in [5.41, 5.74) is 0. The second-order valence-corrected chi connectivity index (χ2v) is 28.9. The monoisotopic (exact) mass is 1340 g/mol. The SMILES string of the molecule is CCCCCCCCCCCCCCCCCCCC(=O)OC[C@H](COP(=O)(O)OC[C@@H](O)COP(=O)(O)OC[C@@H](COC(=O)CCCCCCCCC)OC(=O)CCCCCCCCCCCC)OC(=O)CCCCCCCCCCCCCCCCCCC. The first-order valence-corrected chi connectivity index (χ1v) is 40.8. The zero-order chi connectivity index (χ0) is 66.8. The Labute approximate surface area is 556 Å². The predicted octanol–water partition coefficient (Wildman–Crippen LogP) is 21.1. The fourth-order valence-electron chi connectivity index (χ4n) is 11.0. The van der Waals surface area contributed by atoms with E-state index in [9.17, 15) is 43.2 Å². The van der Waals surface area contributed by atoms with E-state index in [0.29, 0.717) is 25.7 Å². The number of rotatable bonds is 73. The summed E-state index contributed by atoms with van der Waals surface area (Å²) < 4.78 is 68.2. The molecule has 0 aromatic carbocycles. The van der Waals surface area contributed by atoms with Crippen LogP contribution in [0.3, 0.4) is 0 Å². The third-order valence-electron chi connectivity index (χ3n) is 16.9. The lowest BCUT2D eigenvalue weighted by atomic mass is 10.0. The van der Waals surface area contributed by atoms with Gasteiger partial charge >= 0.3 is 39.5 Å². The van der Waals surface area contributed by atoms with Gasteiger partial charge in [0.2, 0.25) is 0 Å². The van der Waals surface area contributed by atoms with E-state index in [4.69, 9.17) is 37.0 Å². The zero-order valence-corrected chi connectivity index (χ0v) is 60.6. The number of carbonyl (C=O) groups excluding carboxylic acids is 4.